The largest absolute Gasteiger partial charge is 0.481 e. The van der Waals surface area contributed by atoms with Crippen molar-refractivity contribution in [2.75, 3.05) is 0 Å². The Labute approximate surface area is 129 Å². The predicted octanol–water partition coefficient (Wildman–Crippen LogP) is 3.36. The minimum atomic E-state index is -1.09. The average Bonchev–Trinajstić information content (AvgIpc) is 2.37. The fourth-order valence-corrected chi connectivity index (χ4v) is 1.65. The van der Waals surface area contributed by atoms with Gasteiger partial charge in [-0.1, -0.05) is 23.7 Å². The van der Waals surface area contributed by atoms with Gasteiger partial charge in [-0.2, -0.15) is 0 Å². The van der Waals surface area contributed by atoms with Crippen molar-refractivity contribution >= 4 is 29.6 Å². The van der Waals surface area contributed by atoms with Gasteiger partial charge in [-0.15, -0.1) is 0 Å². The molecule has 21 heavy (non-hydrogen) atoms. The number of carboxylic acid groups (broad SMARTS) is 1. The molecule has 0 saturated heterocycles. The van der Waals surface area contributed by atoms with E-state index in [2.05, 4.69) is 5.32 Å². The van der Waals surface area contributed by atoms with Crippen LogP contribution in [0.5, 0.6) is 0 Å². The molecule has 0 heterocycles. The van der Waals surface area contributed by atoms with Crippen LogP contribution in [-0.2, 0) is 9.59 Å². The number of halogens is 1. The molecule has 114 valence electrons. The number of amides is 1. The van der Waals surface area contributed by atoms with Crippen molar-refractivity contribution in [3.8, 4) is 0 Å². The molecule has 0 saturated carbocycles. The smallest absolute Gasteiger partial charge is 0.311 e. The monoisotopic (exact) mass is 309 g/mol. The van der Waals surface area contributed by atoms with Gasteiger partial charge < -0.3 is 10.4 Å². The van der Waals surface area contributed by atoms with Crippen LogP contribution in [0.1, 0.15) is 33.3 Å². The number of carbonyl (C=O) groups excluding carboxylic acids is 1. The second-order valence-corrected chi connectivity index (χ2v) is 6.37. The normalized spacial score (nSPS) is 12.4. The third kappa shape index (κ3) is 4.33. The Morgan fingerprint density at radius 1 is 1.14 bits per heavy atom. The summed E-state index contributed by atoms with van der Waals surface area (Å²) < 4.78 is 0. The number of benzene rings is 1. The van der Waals surface area contributed by atoms with Gasteiger partial charge in [-0.3, -0.25) is 9.59 Å². The van der Waals surface area contributed by atoms with Gasteiger partial charge in [0.2, 0.25) is 5.91 Å². The minimum absolute atomic E-state index is 0.343. The lowest BCUT2D eigenvalue weighted by molar-refractivity contribution is -0.151. The summed E-state index contributed by atoms with van der Waals surface area (Å²) in [5, 5.41) is 12.6. The number of aliphatic carboxylic acids is 1. The van der Waals surface area contributed by atoms with E-state index in [-0.39, 0.29) is 5.91 Å². The quantitative estimate of drug-likeness (QED) is 0.820. The number of carboxylic acids is 1. The summed E-state index contributed by atoms with van der Waals surface area (Å²) in [6.45, 7) is 6.54. The first-order valence-corrected chi connectivity index (χ1v) is 6.93. The van der Waals surface area contributed by atoms with Crippen LogP contribution in [0.25, 0.3) is 6.08 Å². The molecule has 0 atom stereocenters. The third-order valence-electron chi connectivity index (χ3n) is 3.83. The molecule has 0 bridgehead atoms. The molecular weight excluding hydrogens is 290 g/mol. The van der Waals surface area contributed by atoms with Crippen molar-refractivity contribution in [3.05, 3.63) is 40.9 Å². The van der Waals surface area contributed by atoms with Crippen molar-refractivity contribution in [2.45, 2.75) is 33.2 Å². The number of rotatable bonds is 5. The summed E-state index contributed by atoms with van der Waals surface area (Å²) in [6.07, 6.45) is 3.03. The van der Waals surface area contributed by atoms with Crippen LogP contribution in [0, 0.1) is 5.41 Å². The van der Waals surface area contributed by atoms with Crippen LogP contribution in [0.15, 0.2) is 30.3 Å². The van der Waals surface area contributed by atoms with Gasteiger partial charge in [0.15, 0.2) is 0 Å². The Bertz CT molecular complexity index is 559. The molecule has 0 aliphatic carbocycles. The summed E-state index contributed by atoms with van der Waals surface area (Å²) in [6, 6.07) is 7.05. The van der Waals surface area contributed by atoms with Crippen LogP contribution in [-0.4, -0.2) is 22.5 Å². The summed E-state index contributed by atoms with van der Waals surface area (Å²) in [7, 11) is 0. The van der Waals surface area contributed by atoms with Crippen molar-refractivity contribution < 1.29 is 14.7 Å². The minimum Gasteiger partial charge on any atom is -0.481 e. The summed E-state index contributed by atoms with van der Waals surface area (Å²) in [5.74, 6) is -1.31. The lowest BCUT2D eigenvalue weighted by Gasteiger charge is -2.38. The maximum Gasteiger partial charge on any atom is 0.311 e. The summed E-state index contributed by atoms with van der Waals surface area (Å²) >= 11 is 5.78. The van der Waals surface area contributed by atoms with Crippen LogP contribution in [0.3, 0.4) is 0 Å². The van der Waals surface area contributed by atoms with E-state index in [4.69, 9.17) is 11.6 Å². The molecule has 1 aromatic rings. The molecular formula is C16H20ClNO3. The average molecular weight is 310 g/mol. The van der Waals surface area contributed by atoms with Crippen LogP contribution in [0.4, 0.5) is 0 Å². The zero-order valence-corrected chi connectivity index (χ0v) is 13.4. The Balaban J connectivity index is 2.77. The van der Waals surface area contributed by atoms with Crippen molar-refractivity contribution in [3.63, 3.8) is 0 Å². The van der Waals surface area contributed by atoms with Crippen molar-refractivity contribution in [1.82, 2.24) is 5.32 Å². The first-order chi connectivity index (χ1) is 9.56. The first-order valence-electron chi connectivity index (χ1n) is 6.55. The van der Waals surface area contributed by atoms with E-state index < -0.39 is 16.9 Å². The van der Waals surface area contributed by atoms with Gasteiger partial charge in [0.05, 0.1) is 11.0 Å². The fraction of sp³-hybridized carbons (Fsp3) is 0.375. The zero-order valence-electron chi connectivity index (χ0n) is 12.6. The Morgan fingerprint density at radius 2 is 1.67 bits per heavy atom. The van der Waals surface area contributed by atoms with E-state index in [9.17, 15) is 14.7 Å². The highest BCUT2D eigenvalue weighted by atomic mass is 35.5. The van der Waals surface area contributed by atoms with E-state index in [0.29, 0.717) is 5.02 Å². The van der Waals surface area contributed by atoms with Gasteiger partial charge in [-0.25, -0.2) is 0 Å². The molecule has 0 aromatic heterocycles. The summed E-state index contributed by atoms with van der Waals surface area (Å²) in [4.78, 5) is 23.2. The molecule has 1 rings (SSSR count). The van der Waals surface area contributed by atoms with Crippen LogP contribution in [0.2, 0.25) is 5.02 Å². The Hall–Kier alpha value is -1.81. The lowest BCUT2D eigenvalue weighted by atomic mass is 9.74. The van der Waals surface area contributed by atoms with Gasteiger partial charge >= 0.3 is 5.97 Å². The highest BCUT2D eigenvalue weighted by Gasteiger charge is 2.44. The molecule has 0 fully saturated rings. The fourth-order valence-electron chi connectivity index (χ4n) is 1.52. The molecule has 0 unspecified atom stereocenters. The number of hydrogen-bond acceptors (Lipinski definition) is 2. The van der Waals surface area contributed by atoms with Crippen LogP contribution < -0.4 is 5.32 Å². The molecule has 4 nitrogen and oxygen atoms in total. The molecule has 0 spiro atoms. The molecule has 0 aliphatic rings. The second kappa shape index (κ2) is 6.31. The second-order valence-electron chi connectivity index (χ2n) is 5.93. The first kappa shape index (κ1) is 17.2. The highest BCUT2D eigenvalue weighted by molar-refractivity contribution is 6.30. The molecule has 5 heteroatoms. The lowest BCUT2D eigenvalue weighted by Crippen LogP contribution is -2.56. The zero-order chi connectivity index (χ0) is 16.3. The van der Waals surface area contributed by atoms with Gasteiger partial charge in [0, 0.05) is 11.1 Å². The predicted molar refractivity (Wildman–Crippen MR) is 84.1 cm³/mol. The van der Waals surface area contributed by atoms with E-state index in [1.54, 1.807) is 58.0 Å². The molecule has 2 N–H and O–H groups in total. The molecule has 1 aromatic carbocycles. The molecule has 0 radical (unpaired) electrons. The van der Waals surface area contributed by atoms with E-state index >= 15 is 0 Å². The highest BCUT2D eigenvalue weighted by Crippen LogP contribution is 2.30. The number of carbonyl (C=O) groups is 2. The van der Waals surface area contributed by atoms with Gasteiger partial charge in [-0.05, 0) is 51.5 Å². The van der Waals surface area contributed by atoms with E-state index in [0.717, 1.165) is 5.56 Å². The van der Waals surface area contributed by atoms with E-state index in [1.165, 1.54) is 6.08 Å². The molecule has 1 amide bonds. The maximum atomic E-state index is 12.0. The SMILES string of the molecule is CC(C)(NC(=O)C=Cc1ccc(Cl)cc1)C(C)(C)C(=O)O. The molecule has 0 aliphatic heterocycles. The van der Waals surface area contributed by atoms with Crippen molar-refractivity contribution in [2.24, 2.45) is 5.41 Å². The third-order valence-corrected chi connectivity index (χ3v) is 4.08. The standard InChI is InChI=1S/C16H20ClNO3/c1-15(2,14(20)21)16(3,4)18-13(19)10-7-11-5-8-12(17)9-6-11/h5-10H,1-4H3,(H,18,19)(H,20,21). The number of hydrogen-bond donors (Lipinski definition) is 2. The van der Waals surface area contributed by atoms with Gasteiger partial charge in [0.25, 0.3) is 0 Å². The topological polar surface area (TPSA) is 66.4 Å². The van der Waals surface area contributed by atoms with E-state index in [1.807, 2.05) is 0 Å². The maximum absolute atomic E-state index is 12.0. The Kier molecular flexibility index (Phi) is 5.18. The van der Waals surface area contributed by atoms with Gasteiger partial charge in [0.1, 0.15) is 0 Å². The van der Waals surface area contributed by atoms with Crippen LogP contribution >= 0.6 is 11.6 Å². The van der Waals surface area contributed by atoms with Crippen molar-refractivity contribution in [1.29, 1.82) is 0 Å². The Morgan fingerprint density at radius 3 is 2.14 bits per heavy atom. The number of nitrogens with one attached hydrogen (secondary N) is 1. The summed E-state index contributed by atoms with van der Waals surface area (Å²) in [5.41, 5.74) is -1.14.